The van der Waals surface area contributed by atoms with Crippen molar-refractivity contribution in [3.8, 4) is 5.88 Å². The molecule has 14 nitrogen and oxygen atoms in total. The fourth-order valence-corrected chi connectivity index (χ4v) is 12.2. The molecule has 7 rings (SSSR count). The van der Waals surface area contributed by atoms with E-state index in [0.717, 1.165) is 10.4 Å². The first kappa shape index (κ1) is 40.9. The fraction of sp³-hybridized carbons (Fsp3) is 0.273. The number of imidazole rings is 1. The minimum absolute atomic E-state index is 0.0375. The first-order valence-corrected chi connectivity index (χ1v) is 21.3. The van der Waals surface area contributed by atoms with Crippen molar-refractivity contribution in [3.05, 3.63) is 128 Å². The van der Waals surface area contributed by atoms with E-state index in [9.17, 15) is 14.4 Å². The summed E-state index contributed by atoms with van der Waals surface area (Å²) in [6.45, 7) is 9.86. The lowest BCUT2D eigenvalue weighted by Crippen LogP contribution is -2.67. The Labute approximate surface area is 343 Å². The number of hydroxylamine groups is 2. The summed E-state index contributed by atoms with van der Waals surface area (Å²) in [6, 6.07) is 38.1. The Kier molecular flexibility index (Phi) is 11.7. The number of nitrogens with one attached hydrogen (secondary N) is 1. The lowest BCUT2D eigenvalue weighted by atomic mass is 10.1. The number of hydrogen-bond donors (Lipinski definition) is 1. The Morgan fingerprint density at radius 2 is 1.41 bits per heavy atom. The Bertz CT molecular complexity index is 2340. The zero-order valence-corrected chi connectivity index (χ0v) is 34.9. The van der Waals surface area contributed by atoms with Gasteiger partial charge in [-0.3, -0.25) is 19.5 Å². The Hall–Kier alpha value is -6.26. The number of benzene rings is 4. The van der Waals surface area contributed by atoms with E-state index in [1.165, 1.54) is 22.7 Å². The third-order valence-electron chi connectivity index (χ3n) is 10.3. The molecule has 2 atom stereocenters. The summed E-state index contributed by atoms with van der Waals surface area (Å²) in [5.41, 5.74) is -0.668. The molecule has 15 heteroatoms. The molecule has 0 aliphatic carbocycles. The van der Waals surface area contributed by atoms with Crippen LogP contribution in [-0.4, -0.2) is 77.2 Å². The van der Waals surface area contributed by atoms with Crippen LogP contribution in [0.2, 0.25) is 5.04 Å². The number of amides is 2. The number of carbonyl (C=O) groups excluding carboxylic acids is 3. The average molecular weight is 814 g/mol. The van der Waals surface area contributed by atoms with Crippen LogP contribution in [0.15, 0.2) is 128 Å². The number of anilines is 3. The molecule has 1 saturated heterocycles. The molecule has 1 N–H and O–H groups in total. The monoisotopic (exact) mass is 813 g/mol. The van der Waals surface area contributed by atoms with Crippen LogP contribution in [0, 0.1) is 0 Å². The molecular formula is C44H47N7O7Si. The Morgan fingerprint density at radius 1 is 0.864 bits per heavy atom. The first-order chi connectivity index (χ1) is 28.4. The van der Waals surface area contributed by atoms with E-state index in [-0.39, 0.29) is 47.7 Å². The van der Waals surface area contributed by atoms with Crippen molar-refractivity contribution in [1.29, 1.82) is 0 Å². The average Bonchev–Trinajstić information content (AvgIpc) is 3.81. The van der Waals surface area contributed by atoms with E-state index >= 15 is 0 Å². The van der Waals surface area contributed by atoms with Crippen LogP contribution in [0.3, 0.4) is 0 Å². The Balaban J connectivity index is 1.29. The number of aromatic nitrogens is 4. The molecule has 0 unspecified atom stereocenters. The largest absolute Gasteiger partial charge is 0.462 e. The summed E-state index contributed by atoms with van der Waals surface area (Å²) in [4.78, 5) is 62.3. The molecular weight excluding hydrogens is 767 g/mol. The quantitative estimate of drug-likeness (QED) is 0.106. The van der Waals surface area contributed by atoms with E-state index in [1.807, 2.05) is 48.5 Å². The number of carbonyl (C=O) groups is 3. The number of ether oxygens (including phenoxy) is 2. The number of para-hydroxylation sites is 2. The van der Waals surface area contributed by atoms with Gasteiger partial charge in [-0.05, 0) is 46.6 Å². The van der Waals surface area contributed by atoms with E-state index in [2.05, 4.69) is 65.3 Å². The van der Waals surface area contributed by atoms with Crippen molar-refractivity contribution in [1.82, 2.24) is 24.6 Å². The van der Waals surface area contributed by atoms with Crippen LogP contribution in [0.1, 0.15) is 41.0 Å². The maximum absolute atomic E-state index is 14.3. The van der Waals surface area contributed by atoms with E-state index in [0.29, 0.717) is 11.4 Å². The van der Waals surface area contributed by atoms with Gasteiger partial charge >= 0.3 is 12.1 Å². The predicted octanol–water partition coefficient (Wildman–Crippen LogP) is 6.55. The predicted molar refractivity (Wildman–Crippen MR) is 226 cm³/mol. The van der Waals surface area contributed by atoms with Gasteiger partial charge < -0.3 is 13.9 Å². The van der Waals surface area contributed by atoms with E-state index < -0.39 is 38.1 Å². The molecule has 3 heterocycles. The van der Waals surface area contributed by atoms with Gasteiger partial charge in [0, 0.05) is 20.4 Å². The van der Waals surface area contributed by atoms with E-state index in [4.69, 9.17) is 18.7 Å². The molecule has 59 heavy (non-hydrogen) atoms. The number of likely N-dealkylation sites (N-methyl/N-ethyl adjacent to an activating group) is 1. The van der Waals surface area contributed by atoms with Crippen molar-refractivity contribution in [2.24, 2.45) is 0 Å². The SMILES string of the molecule is CCOC(=O)[C@@]1(n2cnc3c(OC(=O)N(c4ccccc4)c4ccccc4)nc(NC(C)=O)nc32)C[C@H](CO[Si](c2ccccc2)(c2ccccc2)C(C)(C)C)N(C)O1. The number of rotatable bonds is 12. The van der Waals surface area contributed by atoms with Crippen LogP contribution < -0.4 is 25.3 Å². The first-order valence-electron chi connectivity index (χ1n) is 19.4. The second-order valence-corrected chi connectivity index (χ2v) is 19.5. The summed E-state index contributed by atoms with van der Waals surface area (Å²) in [6.07, 6.45) is 0.635. The van der Waals surface area contributed by atoms with Crippen LogP contribution in [0.5, 0.6) is 5.88 Å². The maximum Gasteiger partial charge on any atom is 0.425 e. The fourth-order valence-electron chi connectivity index (χ4n) is 7.62. The molecule has 1 aliphatic rings. The molecule has 0 saturated carbocycles. The molecule has 1 fully saturated rings. The summed E-state index contributed by atoms with van der Waals surface area (Å²) in [5.74, 6) is -1.61. The highest BCUT2D eigenvalue weighted by Crippen LogP contribution is 2.42. The third kappa shape index (κ3) is 7.97. The number of hydrogen-bond acceptors (Lipinski definition) is 11. The standard InChI is InChI=1S/C44H47N7O7Si/c1-7-55-40(53)44(28-34(49(6)58-44)29-56-59(43(3,4)5,35-24-16-10-17-25-35)36-26-18-11-19-27-36)50-30-45-37-38(50)47-41(46-31(2)52)48-39(37)57-42(54)51(32-20-12-8-13-21-32)33-22-14-9-15-23-33/h8-27,30,34H,7,28-29H2,1-6H3,(H,46,47,48,52)/t34-,44-/m1/s1. The molecule has 6 aromatic rings. The molecule has 2 amide bonds. The van der Waals surface area contributed by atoms with Crippen LogP contribution in [0.4, 0.5) is 22.1 Å². The highest BCUT2D eigenvalue weighted by Gasteiger charge is 2.56. The summed E-state index contributed by atoms with van der Waals surface area (Å²) in [5, 5.41) is 6.12. The number of nitrogens with zero attached hydrogens (tertiary/aromatic N) is 6. The van der Waals surface area contributed by atoms with Gasteiger partial charge in [0.15, 0.2) is 11.2 Å². The summed E-state index contributed by atoms with van der Waals surface area (Å²) in [7, 11) is -1.24. The van der Waals surface area contributed by atoms with Gasteiger partial charge in [-0.1, -0.05) is 118 Å². The van der Waals surface area contributed by atoms with Crippen molar-refractivity contribution < 1.29 is 33.1 Å². The second-order valence-electron chi connectivity index (χ2n) is 15.2. The van der Waals surface area contributed by atoms with Crippen molar-refractivity contribution in [3.63, 3.8) is 0 Å². The molecule has 4 aromatic carbocycles. The van der Waals surface area contributed by atoms with Crippen molar-refractivity contribution in [2.75, 3.05) is 30.5 Å². The molecule has 1 aliphatic heterocycles. The second kappa shape index (κ2) is 16.9. The lowest BCUT2D eigenvalue weighted by molar-refractivity contribution is -0.236. The summed E-state index contributed by atoms with van der Waals surface area (Å²) >= 11 is 0. The topological polar surface area (TPSA) is 150 Å². The van der Waals surface area contributed by atoms with Crippen LogP contribution in [-0.2, 0) is 29.3 Å². The van der Waals surface area contributed by atoms with Crippen molar-refractivity contribution >= 4 is 65.1 Å². The smallest absolute Gasteiger partial charge is 0.425 e. The van der Waals surface area contributed by atoms with Gasteiger partial charge in [-0.2, -0.15) is 15.0 Å². The Morgan fingerprint density at radius 3 is 1.92 bits per heavy atom. The van der Waals surface area contributed by atoms with Crippen molar-refractivity contribution in [2.45, 2.75) is 57.8 Å². The summed E-state index contributed by atoms with van der Waals surface area (Å²) < 4.78 is 20.4. The van der Waals surface area contributed by atoms with E-state index in [1.54, 1.807) is 67.6 Å². The number of fused-ring (bicyclic) bond motifs is 1. The van der Waals surface area contributed by atoms with Gasteiger partial charge in [-0.25, -0.2) is 19.5 Å². The molecule has 2 aromatic heterocycles. The van der Waals surface area contributed by atoms with Crippen LogP contribution >= 0.6 is 0 Å². The molecule has 0 radical (unpaired) electrons. The molecule has 0 bridgehead atoms. The number of esters is 1. The highest BCUT2D eigenvalue weighted by molar-refractivity contribution is 6.99. The molecule has 304 valence electrons. The van der Waals surface area contributed by atoms with Crippen LogP contribution in [0.25, 0.3) is 11.2 Å². The highest BCUT2D eigenvalue weighted by atomic mass is 28.4. The molecule has 0 spiro atoms. The normalized spacial score (nSPS) is 17.1. The maximum atomic E-state index is 14.3. The van der Waals surface area contributed by atoms with Gasteiger partial charge in [0.2, 0.25) is 11.9 Å². The van der Waals surface area contributed by atoms with Gasteiger partial charge in [-0.15, -0.1) is 0 Å². The third-order valence-corrected chi connectivity index (χ3v) is 15.3. The zero-order chi connectivity index (χ0) is 41.8. The van der Waals surface area contributed by atoms with Gasteiger partial charge in [0.25, 0.3) is 19.9 Å². The lowest BCUT2D eigenvalue weighted by Gasteiger charge is -2.43. The zero-order valence-electron chi connectivity index (χ0n) is 33.9. The minimum Gasteiger partial charge on any atom is -0.462 e. The van der Waals surface area contributed by atoms with Gasteiger partial charge in [0.1, 0.15) is 6.33 Å². The van der Waals surface area contributed by atoms with Gasteiger partial charge in [0.05, 0.1) is 30.6 Å². The minimum atomic E-state index is -2.98.